The minimum atomic E-state index is -2.20. The van der Waals surface area contributed by atoms with E-state index < -0.39 is 8.32 Å². The number of nitrogens with zero attached hydrogens (tertiary/aromatic N) is 1. The van der Waals surface area contributed by atoms with Crippen molar-refractivity contribution in [2.24, 2.45) is 0 Å². The quantitative estimate of drug-likeness (QED) is 0.428. The summed E-state index contributed by atoms with van der Waals surface area (Å²) in [6.07, 6.45) is 1.85. The second-order valence-electron chi connectivity index (χ2n) is 9.61. The maximum absolute atomic E-state index is 13.2. The Hall–Kier alpha value is -2.60. The van der Waals surface area contributed by atoms with Gasteiger partial charge in [-0.15, -0.1) is 0 Å². The molecule has 0 N–H and O–H groups in total. The molecule has 166 valence electrons. The van der Waals surface area contributed by atoms with E-state index in [1.54, 1.807) is 13.2 Å². The van der Waals surface area contributed by atoms with Crippen molar-refractivity contribution in [3.05, 3.63) is 58.7 Å². The van der Waals surface area contributed by atoms with Gasteiger partial charge in [0.2, 0.25) is 0 Å². The smallest absolute Gasteiger partial charge is 0.254 e. The zero-order valence-corrected chi connectivity index (χ0v) is 20.5. The summed E-state index contributed by atoms with van der Waals surface area (Å²) in [5, 5.41) is -0.0168. The first-order valence-corrected chi connectivity index (χ1v) is 13.7. The van der Waals surface area contributed by atoms with Crippen molar-refractivity contribution in [1.82, 2.24) is 4.90 Å². The number of ether oxygens (including phenoxy) is 1. The van der Waals surface area contributed by atoms with Gasteiger partial charge >= 0.3 is 0 Å². The van der Waals surface area contributed by atoms with Crippen LogP contribution in [0.25, 0.3) is 0 Å². The summed E-state index contributed by atoms with van der Waals surface area (Å²) in [5.74, 6) is 1.20. The maximum Gasteiger partial charge on any atom is 0.254 e. The molecule has 5 nitrogen and oxygen atoms in total. The maximum atomic E-state index is 13.2. The highest BCUT2D eigenvalue weighted by atomic mass is 28.4. The normalized spacial score (nSPS) is 13.9. The monoisotopic (exact) mass is 439 g/mol. The van der Waals surface area contributed by atoms with E-state index in [0.717, 1.165) is 23.8 Å². The summed E-state index contributed by atoms with van der Waals surface area (Å²) in [7, 11) is -0.633. The molecule has 1 heterocycles. The first kappa shape index (κ1) is 23.1. The van der Waals surface area contributed by atoms with Gasteiger partial charge < -0.3 is 18.9 Å². The lowest BCUT2D eigenvalue weighted by atomic mass is 10.0. The van der Waals surface area contributed by atoms with Gasteiger partial charge in [-0.1, -0.05) is 51.1 Å². The van der Waals surface area contributed by atoms with Crippen LogP contribution in [-0.4, -0.2) is 39.1 Å². The lowest BCUT2D eigenvalue weighted by Gasteiger charge is -2.37. The van der Waals surface area contributed by atoms with Gasteiger partial charge in [-0.25, -0.2) is 0 Å². The Bertz CT molecular complexity index is 964. The zero-order chi connectivity index (χ0) is 22.8. The van der Waals surface area contributed by atoms with Gasteiger partial charge in [0.15, 0.2) is 0 Å². The molecule has 2 aromatic carbocycles. The van der Waals surface area contributed by atoms with Crippen LogP contribution in [0.15, 0.2) is 36.4 Å². The fraction of sp³-hybridized carbons (Fsp3) is 0.440. The molecule has 0 spiro atoms. The van der Waals surface area contributed by atoms with Crippen molar-refractivity contribution in [1.29, 1.82) is 0 Å². The van der Waals surface area contributed by atoms with Crippen molar-refractivity contribution in [2.45, 2.75) is 58.3 Å². The van der Waals surface area contributed by atoms with Gasteiger partial charge in [-0.2, -0.15) is 0 Å². The molecule has 0 saturated carbocycles. The van der Waals surface area contributed by atoms with E-state index in [9.17, 15) is 9.59 Å². The van der Waals surface area contributed by atoms with Crippen molar-refractivity contribution in [3.63, 3.8) is 0 Å². The largest absolute Gasteiger partial charge is 0.543 e. The summed E-state index contributed by atoms with van der Waals surface area (Å²) >= 11 is 0. The van der Waals surface area contributed by atoms with E-state index >= 15 is 0 Å². The van der Waals surface area contributed by atoms with Crippen LogP contribution in [0.5, 0.6) is 11.5 Å². The first-order valence-electron chi connectivity index (χ1n) is 10.8. The molecule has 31 heavy (non-hydrogen) atoms. The van der Waals surface area contributed by atoms with Gasteiger partial charge in [0.1, 0.15) is 17.8 Å². The fourth-order valence-electron chi connectivity index (χ4n) is 3.58. The molecule has 1 amide bonds. The molecule has 1 aliphatic rings. The summed E-state index contributed by atoms with van der Waals surface area (Å²) in [6.45, 7) is 12.0. The van der Waals surface area contributed by atoms with Gasteiger partial charge in [-0.05, 0) is 36.2 Å². The molecular weight excluding hydrogens is 406 g/mol. The Kier molecular flexibility index (Phi) is 6.60. The number of rotatable bonds is 8. The Morgan fingerprint density at radius 2 is 1.84 bits per heavy atom. The molecule has 1 aliphatic heterocycles. The predicted molar refractivity (Wildman–Crippen MR) is 125 cm³/mol. The topological polar surface area (TPSA) is 55.8 Å². The van der Waals surface area contributed by atoms with Crippen LogP contribution in [-0.2, 0) is 24.2 Å². The average molecular weight is 440 g/mol. The standard InChI is InChI=1S/C25H33NO4Si/c1-25(2,3)31(5,6)30-23-19(13-15-27)22(29-4)16-20-21(23)17-26(24(20)28)14-12-18-10-8-7-9-11-18/h7-11,15-16H,12-14,17H2,1-6H3. The highest BCUT2D eigenvalue weighted by Crippen LogP contribution is 2.44. The second-order valence-corrected chi connectivity index (χ2v) is 14.3. The Balaban J connectivity index is 2.00. The van der Waals surface area contributed by atoms with Crippen LogP contribution in [0.2, 0.25) is 18.1 Å². The number of hydrogen-bond donors (Lipinski definition) is 0. The lowest BCUT2D eigenvalue weighted by Crippen LogP contribution is -2.44. The van der Waals surface area contributed by atoms with Gasteiger partial charge in [0, 0.05) is 24.1 Å². The third-order valence-corrected chi connectivity index (χ3v) is 10.8. The lowest BCUT2D eigenvalue weighted by molar-refractivity contribution is -0.107. The third kappa shape index (κ3) is 4.69. The number of aldehydes is 1. The molecule has 3 rings (SSSR count). The highest BCUT2D eigenvalue weighted by molar-refractivity contribution is 6.74. The minimum absolute atomic E-state index is 0.0121. The van der Waals surface area contributed by atoms with Gasteiger partial charge in [0.05, 0.1) is 19.2 Å². The SMILES string of the molecule is COc1cc2c(c(O[Si](C)(C)C(C)(C)C)c1CC=O)CN(CCc1ccccc1)C2=O. The molecule has 0 radical (unpaired) electrons. The van der Waals surface area contributed by atoms with Gasteiger partial charge in [0.25, 0.3) is 14.2 Å². The molecule has 0 aliphatic carbocycles. The first-order chi connectivity index (χ1) is 14.6. The molecule has 0 atom stereocenters. The molecular formula is C25H33NO4Si. The number of amides is 1. The van der Waals surface area contributed by atoms with Crippen LogP contribution in [0.4, 0.5) is 0 Å². The van der Waals surface area contributed by atoms with Gasteiger partial charge in [-0.3, -0.25) is 4.79 Å². The number of hydrogen-bond acceptors (Lipinski definition) is 4. The van der Waals surface area contributed by atoms with E-state index in [-0.39, 0.29) is 17.4 Å². The molecule has 0 bridgehead atoms. The number of fused-ring (bicyclic) bond motifs is 1. The van der Waals surface area contributed by atoms with E-state index in [1.807, 2.05) is 23.1 Å². The summed E-state index contributed by atoms with van der Waals surface area (Å²) < 4.78 is 12.3. The van der Waals surface area contributed by atoms with E-state index in [4.69, 9.17) is 9.16 Å². The number of carbonyl (C=O) groups excluding carboxylic acids is 2. The highest BCUT2D eigenvalue weighted by Gasteiger charge is 2.42. The van der Waals surface area contributed by atoms with Crippen LogP contribution in [0, 0.1) is 0 Å². The fourth-order valence-corrected chi connectivity index (χ4v) is 4.64. The van der Waals surface area contributed by atoms with Crippen LogP contribution in [0.3, 0.4) is 0 Å². The van der Waals surface area contributed by atoms with Crippen LogP contribution >= 0.6 is 0 Å². The van der Waals surface area contributed by atoms with Crippen molar-refractivity contribution >= 4 is 20.5 Å². The molecule has 6 heteroatoms. The predicted octanol–water partition coefficient (Wildman–Crippen LogP) is 5.02. The summed E-state index contributed by atoms with van der Waals surface area (Å²) in [5.41, 5.74) is 3.43. The molecule has 0 fully saturated rings. The van der Waals surface area contributed by atoms with E-state index in [2.05, 4.69) is 46.0 Å². The van der Waals surface area contributed by atoms with E-state index in [1.165, 1.54) is 5.56 Å². The van der Waals surface area contributed by atoms with Crippen LogP contribution in [0.1, 0.15) is 47.8 Å². The van der Waals surface area contributed by atoms with Crippen LogP contribution < -0.4 is 9.16 Å². The molecule has 0 aromatic heterocycles. The Labute approximate surface area is 186 Å². The number of carbonyl (C=O) groups is 2. The Morgan fingerprint density at radius 3 is 2.42 bits per heavy atom. The summed E-state index contributed by atoms with van der Waals surface area (Å²) in [6, 6.07) is 11.9. The van der Waals surface area contributed by atoms with Crippen molar-refractivity contribution in [2.75, 3.05) is 13.7 Å². The molecule has 2 aromatic rings. The zero-order valence-electron chi connectivity index (χ0n) is 19.5. The number of benzene rings is 2. The third-order valence-electron chi connectivity index (χ3n) is 6.50. The van der Waals surface area contributed by atoms with Crippen molar-refractivity contribution < 1.29 is 18.8 Å². The Morgan fingerprint density at radius 1 is 1.16 bits per heavy atom. The summed E-state index contributed by atoms with van der Waals surface area (Å²) in [4.78, 5) is 26.6. The van der Waals surface area contributed by atoms with E-state index in [0.29, 0.717) is 30.2 Å². The second kappa shape index (κ2) is 8.87. The van der Waals surface area contributed by atoms with Crippen molar-refractivity contribution in [3.8, 4) is 11.5 Å². The molecule has 0 saturated heterocycles. The minimum Gasteiger partial charge on any atom is -0.543 e. The molecule has 0 unspecified atom stereocenters. The number of methoxy groups -OCH3 is 1. The average Bonchev–Trinajstić information content (AvgIpc) is 3.03.